The quantitative estimate of drug-likeness (QED) is 0.649. The van der Waals surface area contributed by atoms with Gasteiger partial charge >= 0.3 is 0 Å². The van der Waals surface area contributed by atoms with Gasteiger partial charge in [-0.1, -0.05) is 6.92 Å². The van der Waals surface area contributed by atoms with Gasteiger partial charge in [-0.2, -0.15) is 0 Å². The Morgan fingerprint density at radius 2 is 2.09 bits per heavy atom. The van der Waals surface area contributed by atoms with Gasteiger partial charge in [0.15, 0.2) is 0 Å². The van der Waals surface area contributed by atoms with Crippen molar-refractivity contribution in [1.29, 1.82) is 0 Å². The molecular weight excluding hydrogens is 138 g/mol. The third-order valence-electron chi connectivity index (χ3n) is 2.96. The number of rotatable bonds is 3. The average Bonchev–Trinajstić information content (AvgIpc) is 2.66. The van der Waals surface area contributed by atoms with Gasteiger partial charge in [0.1, 0.15) is 0 Å². The minimum absolute atomic E-state index is 0.337. The standard InChI is InChI=1S/C9H17NO/c1-8(5-11)4-10-6-9(7-10)2-3-9/h8,11H,2-7H2,1H3. The lowest BCUT2D eigenvalue weighted by atomic mass is 9.95. The molecule has 0 aromatic rings. The molecule has 1 N–H and O–H groups in total. The van der Waals surface area contributed by atoms with Crippen molar-refractivity contribution < 1.29 is 5.11 Å². The zero-order valence-electron chi connectivity index (χ0n) is 7.21. The summed E-state index contributed by atoms with van der Waals surface area (Å²) >= 11 is 0. The Labute approximate surface area is 68.2 Å². The van der Waals surface area contributed by atoms with Crippen molar-refractivity contribution in [2.75, 3.05) is 26.2 Å². The van der Waals surface area contributed by atoms with Gasteiger partial charge in [-0.15, -0.1) is 0 Å². The lowest BCUT2D eigenvalue weighted by Crippen LogP contribution is -2.50. The van der Waals surface area contributed by atoms with Gasteiger partial charge in [-0.25, -0.2) is 0 Å². The summed E-state index contributed by atoms with van der Waals surface area (Å²) in [5, 5.41) is 8.82. The van der Waals surface area contributed by atoms with E-state index in [0.717, 1.165) is 12.0 Å². The molecule has 1 aliphatic heterocycles. The van der Waals surface area contributed by atoms with Crippen LogP contribution >= 0.6 is 0 Å². The Hall–Kier alpha value is -0.0800. The van der Waals surface area contributed by atoms with Gasteiger partial charge in [-0.3, -0.25) is 0 Å². The minimum Gasteiger partial charge on any atom is -0.396 e. The summed E-state index contributed by atoms with van der Waals surface area (Å²) in [6.07, 6.45) is 2.91. The first kappa shape index (κ1) is 7.56. The second kappa shape index (κ2) is 2.46. The van der Waals surface area contributed by atoms with Crippen LogP contribution in [0.5, 0.6) is 0 Å². The van der Waals surface area contributed by atoms with Crippen molar-refractivity contribution in [1.82, 2.24) is 4.90 Å². The molecule has 1 aliphatic carbocycles. The third kappa shape index (κ3) is 1.42. The molecular formula is C9H17NO. The monoisotopic (exact) mass is 155 g/mol. The van der Waals surface area contributed by atoms with E-state index < -0.39 is 0 Å². The Bertz CT molecular complexity index is 146. The van der Waals surface area contributed by atoms with Gasteiger partial charge < -0.3 is 10.0 Å². The summed E-state index contributed by atoms with van der Waals surface area (Å²) in [5.41, 5.74) is 0.773. The lowest BCUT2D eigenvalue weighted by molar-refractivity contribution is 0.0551. The molecule has 2 fully saturated rings. The van der Waals surface area contributed by atoms with Crippen molar-refractivity contribution in [3.63, 3.8) is 0 Å². The molecule has 2 rings (SSSR count). The van der Waals surface area contributed by atoms with E-state index in [1.807, 2.05) is 0 Å². The molecule has 64 valence electrons. The fourth-order valence-electron chi connectivity index (χ4n) is 2.02. The van der Waals surface area contributed by atoms with E-state index in [0.29, 0.717) is 12.5 Å². The van der Waals surface area contributed by atoms with Crippen LogP contribution in [0.15, 0.2) is 0 Å². The normalized spacial score (nSPS) is 30.0. The smallest absolute Gasteiger partial charge is 0.0468 e. The van der Waals surface area contributed by atoms with E-state index in [-0.39, 0.29) is 0 Å². The molecule has 0 radical (unpaired) electrons. The van der Waals surface area contributed by atoms with Crippen LogP contribution in [0.25, 0.3) is 0 Å². The zero-order valence-corrected chi connectivity index (χ0v) is 7.21. The molecule has 1 unspecified atom stereocenters. The van der Waals surface area contributed by atoms with E-state index in [9.17, 15) is 0 Å². The molecule has 2 aliphatic rings. The predicted octanol–water partition coefficient (Wildman–Crippen LogP) is 0.711. The van der Waals surface area contributed by atoms with Crippen molar-refractivity contribution in [2.45, 2.75) is 19.8 Å². The number of hydrogen-bond donors (Lipinski definition) is 1. The summed E-state index contributed by atoms with van der Waals surface area (Å²) in [6.45, 7) is 6.15. The maximum Gasteiger partial charge on any atom is 0.0468 e. The largest absolute Gasteiger partial charge is 0.396 e. The maximum atomic E-state index is 8.82. The van der Waals surface area contributed by atoms with E-state index in [1.165, 1.54) is 25.9 Å². The second-order valence-corrected chi connectivity index (χ2v) is 4.46. The molecule has 2 heteroatoms. The second-order valence-electron chi connectivity index (χ2n) is 4.46. The fourth-order valence-corrected chi connectivity index (χ4v) is 2.02. The fraction of sp³-hybridized carbons (Fsp3) is 1.00. The van der Waals surface area contributed by atoms with Crippen molar-refractivity contribution in [2.24, 2.45) is 11.3 Å². The highest BCUT2D eigenvalue weighted by molar-refractivity contribution is 5.05. The Morgan fingerprint density at radius 1 is 1.45 bits per heavy atom. The van der Waals surface area contributed by atoms with Crippen LogP contribution in [-0.4, -0.2) is 36.2 Å². The number of aliphatic hydroxyl groups is 1. The first-order chi connectivity index (χ1) is 5.24. The van der Waals surface area contributed by atoms with Crippen molar-refractivity contribution in [3.05, 3.63) is 0 Å². The molecule has 1 saturated heterocycles. The van der Waals surface area contributed by atoms with Gasteiger partial charge in [0.2, 0.25) is 0 Å². The summed E-state index contributed by atoms with van der Waals surface area (Å²) in [5.74, 6) is 0.464. The number of hydrogen-bond acceptors (Lipinski definition) is 2. The van der Waals surface area contributed by atoms with Crippen LogP contribution < -0.4 is 0 Å². The van der Waals surface area contributed by atoms with Crippen molar-refractivity contribution in [3.8, 4) is 0 Å². The molecule has 0 aromatic carbocycles. The van der Waals surface area contributed by atoms with Crippen LogP contribution in [0.4, 0.5) is 0 Å². The third-order valence-corrected chi connectivity index (χ3v) is 2.96. The van der Waals surface area contributed by atoms with Crippen LogP contribution in [-0.2, 0) is 0 Å². The average molecular weight is 155 g/mol. The molecule has 1 atom stereocenters. The van der Waals surface area contributed by atoms with E-state index >= 15 is 0 Å². The van der Waals surface area contributed by atoms with Gasteiger partial charge in [0, 0.05) is 26.2 Å². The zero-order chi connectivity index (χ0) is 7.90. The number of likely N-dealkylation sites (tertiary alicyclic amines) is 1. The minimum atomic E-state index is 0.337. The van der Waals surface area contributed by atoms with E-state index in [4.69, 9.17) is 5.11 Å². The highest BCUT2D eigenvalue weighted by Crippen LogP contribution is 2.52. The topological polar surface area (TPSA) is 23.5 Å². The van der Waals surface area contributed by atoms with Crippen LogP contribution in [0.2, 0.25) is 0 Å². The van der Waals surface area contributed by atoms with E-state index in [1.54, 1.807) is 0 Å². The van der Waals surface area contributed by atoms with Gasteiger partial charge in [0.25, 0.3) is 0 Å². The van der Waals surface area contributed by atoms with Crippen LogP contribution in [0, 0.1) is 11.3 Å². The summed E-state index contributed by atoms with van der Waals surface area (Å²) in [4.78, 5) is 2.47. The molecule has 0 amide bonds. The molecule has 2 nitrogen and oxygen atoms in total. The molecule has 11 heavy (non-hydrogen) atoms. The maximum absolute atomic E-state index is 8.82. The molecule has 1 spiro atoms. The van der Waals surface area contributed by atoms with Gasteiger partial charge in [0.05, 0.1) is 0 Å². The lowest BCUT2D eigenvalue weighted by Gasteiger charge is -2.41. The summed E-state index contributed by atoms with van der Waals surface area (Å²) in [6, 6.07) is 0. The first-order valence-corrected chi connectivity index (χ1v) is 4.57. The van der Waals surface area contributed by atoms with E-state index in [2.05, 4.69) is 11.8 Å². The first-order valence-electron chi connectivity index (χ1n) is 4.57. The molecule has 0 bridgehead atoms. The molecule has 0 aromatic heterocycles. The van der Waals surface area contributed by atoms with Crippen molar-refractivity contribution >= 4 is 0 Å². The summed E-state index contributed by atoms with van der Waals surface area (Å²) in [7, 11) is 0. The van der Waals surface area contributed by atoms with Crippen LogP contribution in [0.1, 0.15) is 19.8 Å². The Morgan fingerprint density at radius 3 is 2.55 bits per heavy atom. The predicted molar refractivity (Wildman–Crippen MR) is 44.4 cm³/mol. The SMILES string of the molecule is CC(CO)CN1CC2(CC2)C1. The number of aliphatic hydroxyl groups excluding tert-OH is 1. The van der Waals surface area contributed by atoms with Crippen LogP contribution in [0.3, 0.4) is 0 Å². The highest BCUT2D eigenvalue weighted by atomic mass is 16.3. The molecule has 1 saturated carbocycles. The summed E-state index contributed by atoms with van der Waals surface area (Å²) < 4.78 is 0. The highest BCUT2D eigenvalue weighted by Gasteiger charge is 2.51. The molecule has 1 heterocycles. The Balaban J connectivity index is 1.66. The Kier molecular flexibility index (Phi) is 1.69. The van der Waals surface area contributed by atoms with Gasteiger partial charge in [-0.05, 0) is 24.2 Å². The number of nitrogens with zero attached hydrogens (tertiary/aromatic N) is 1.